The van der Waals surface area contributed by atoms with Crippen LogP contribution in [0.25, 0.3) is 9.40 Å². The van der Waals surface area contributed by atoms with Gasteiger partial charge in [-0.05, 0) is 17.5 Å². The van der Waals surface area contributed by atoms with Crippen molar-refractivity contribution in [2.45, 2.75) is 0 Å². The molecule has 1 aliphatic heterocycles. The fourth-order valence-electron chi connectivity index (χ4n) is 2.23. The van der Waals surface area contributed by atoms with Gasteiger partial charge in [0.15, 0.2) is 0 Å². The summed E-state index contributed by atoms with van der Waals surface area (Å²) in [7, 11) is 0. The molecule has 0 atom stereocenters. The number of carbonyl (C=O) groups excluding carboxylic acids is 1. The zero-order valence-corrected chi connectivity index (χ0v) is 12.3. The number of thiophene rings is 2. The van der Waals surface area contributed by atoms with Crippen LogP contribution in [0, 0.1) is 0 Å². The van der Waals surface area contributed by atoms with Gasteiger partial charge in [-0.2, -0.15) is 0 Å². The summed E-state index contributed by atoms with van der Waals surface area (Å²) in [5, 5.41) is 8.40. The van der Waals surface area contributed by atoms with E-state index in [-0.39, 0.29) is 5.91 Å². The molecule has 2 N–H and O–H groups in total. The quantitative estimate of drug-likeness (QED) is 0.900. The summed E-state index contributed by atoms with van der Waals surface area (Å²) < 4.78 is 2.41. The Morgan fingerprint density at radius 3 is 3.00 bits per heavy atom. The Morgan fingerprint density at radius 1 is 1.37 bits per heavy atom. The van der Waals surface area contributed by atoms with Crippen molar-refractivity contribution in [1.82, 2.24) is 15.5 Å². The van der Waals surface area contributed by atoms with Gasteiger partial charge in [0.1, 0.15) is 0 Å². The molecule has 2 aromatic heterocycles. The first-order chi connectivity index (χ1) is 9.33. The Balaban J connectivity index is 1.49. The Bertz CT molecular complexity index is 528. The van der Waals surface area contributed by atoms with E-state index >= 15 is 0 Å². The molecular formula is C13H17N3OS2. The maximum atomic E-state index is 12.0. The summed E-state index contributed by atoms with van der Waals surface area (Å²) in [6.07, 6.45) is 0. The third-order valence-corrected chi connectivity index (χ3v) is 5.38. The van der Waals surface area contributed by atoms with Crippen molar-refractivity contribution >= 4 is 38.0 Å². The highest BCUT2D eigenvalue weighted by atomic mass is 32.1. The van der Waals surface area contributed by atoms with Crippen LogP contribution in [0.15, 0.2) is 17.5 Å². The second kappa shape index (κ2) is 6.00. The van der Waals surface area contributed by atoms with E-state index in [1.807, 2.05) is 6.07 Å². The number of hydrogen-bond donors (Lipinski definition) is 2. The maximum absolute atomic E-state index is 12.0. The minimum absolute atomic E-state index is 0.0588. The lowest BCUT2D eigenvalue weighted by Gasteiger charge is -2.26. The fourth-order valence-corrected chi connectivity index (χ4v) is 4.25. The number of piperazine rings is 1. The first-order valence-electron chi connectivity index (χ1n) is 6.51. The second-order valence-corrected chi connectivity index (χ2v) is 6.64. The van der Waals surface area contributed by atoms with Crippen molar-refractivity contribution in [3.63, 3.8) is 0 Å². The summed E-state index contributed by atoms with van der Waals surface area (Å²) in [4.78, 5) is 15.2. The van der Waals surface area contributed by atoms with Crippen molar-refractivity contribution in [2.75, 3.05) is 39.3 Å². The topological polar surface area (TPSA) is 44.4 Å². The van der Waals surface area contributed by atoms with Crippen molar-refractivity contribution in [3.8, 4) is 0 Å². The summed E-state index contributed by atoms with van der Waals surface area (Å²) in [5.74, 6) is 0.0588. The molecule has 102 valence electrons. The van der Waals surface area contributed by atoms with Gasteiger partial charge in [0, 0.05) is 48.7 Å². The Hall–Kier alpha value is -0.950. The van der Waals surface area contributed by atoms with Gasteiger partial charge in [0.05, 0.1) is 4.88 Å². The molecule has 2 aromatic rings. The molecule has 1 aliphatic rings. The van der Waals surface area contributed by atoms with Crippen LogP contribution in [0.1, 0.15) is 9.67 Å². The van der Waals surface area contributed by atoms with E-state index in [0.717, 1.165) is 44.1 Å². The molecule has 0 bridgehead atoms. The molecule has 0 spiro atoms. The van der Waals surface area contributed by atoms with Gasteiger partial charge in [-0.1, -0.05) is 0 Å². The van der Waals surface area contributed by atoms with Gasteiger partial charge in [-0.15, -0.1) is 22.7 Å². The molecule has 1 amide bonds. The minimum Gasteiger partial charge on any atom is -0.350 e. The van der Waals surface area contributed by atoms with Crippen LogP contribution in [0.4, 0.5) is 0 Å². The summed E-state index contributed by atoms with van der Waals surface area (Å²) >= 11 is 3.26. The largest absolute Gasteiger partial charge is 0.350 e. The lowest BCUT2D eigenvalue weighted by Crippen LogP contribution is -2.46. The highest BCUT2D eigenvalue weighted by molar-refractivity contribution is 7.27. The number of rotatable bonds is 4. The predicted molar refractivity (Wildman–Crippen MR) is 81.3 cm³/mol. The van der Waals surface area contributed by atoms with E-state index in [2.05, 4.69) is 27.0 Å². The highest BCUT2D eigenvalue weighted by Gasteiger charge is 2.12. The zero-order chi connectivity index (χ0) is 13.1. The molecule has 4 nitrogen and oxygen atoms in total. The van der Waals surface area contributed by atoms with E-state index in [0.29, 0.717) is 0 Å². The monoisotopic (exact) mass is 295 g/mol. The van der Waals surface area contributed by atoms with Crippen LogP contribution in [0.5, 0.6) is 0 Å². The first kappa shape index (κ1) is 13.1. The fraction of sp³-hybridized carbons (Fsp3) is 0.462. The molecule has 0 radical (unpaired) electrons. The zero-order valence-electron chi connectivity index (χ0n) is 10.6. The standard InChI is InChI=1S/C13H17N3OS2/c17-13(12-9-11-10(19-12)1-8-18-11)15-4-7-16-5-2-14-3-6-16/h1,8-9,14H,2-7H2,(H,15,17). The Morgan fingerprint density at radius 2 is 2.21 bits per heavy atom. The third kappa shape index (κ3) is 3.14. The smallest absolute Gasteiger partial charge is 0.261 e. The van der Waals surface area contributed by atoms with Crippen molar-refractivity contribution in [2.24, 2.45) is 0 Å². The van der Waals surface area contributed by atoms with Gasteiger partial charge in [0.2, 0.25) is 0 Å². The molecule has 6 heteroatoms. The van der Waals surface area contributed by atoms with E-state index in [1.165, 1.54) is 9.40 Å². The van der Waals surface area contributed by atoms with Gasteiger partial charge < -0.3 is 10.6 Å². The lowest BCUT2D eigenvalue weighted by molar-refractivity contribution is 0.0951. The molecule has 3 rings (SSSR count). The molecule has 0 aromatic carbocycles. The summed E-state index contributed by atoms with van der Waals surface area (Å²) in [6.45, 7) is 5.91. The van der Waals surface area contributed by atoms with Crippen LogP contribution >= 0.6 is 22.7 Å². The Labute approximate surface area is 120 Å². The SMILES string of the molecule is O=C(NCCN1CCNCC1)c1cc2sccc2s1. The number of carbonyl (C=O) groups is 1. The molecule has 3 heterocycles. The highest BCUT2D eigenvalue weighted by Crippen LogP contribution is 2.29. The molecule has 1 fully saturated rings. The van der Waals surface area contributed by atoms with Crippen LogP contribution in [0.2, 0.25) is 0 Å². The van der Waals surface area contributed by atoms with Crippen molar-refractivity contribution in [3.05, 3.63) is 22.4 Å². The van der Waals surface area contributed by atoms with Crippen LogP contribution in [-0.4, -0.2) is 50.1 Å². The maximum Gasteiger partial charge on any atom is 0.261 e. The molecule has 0 unspecified atom stereocenters. The van der Waals surface area contributed by atoms with Gasteiger partial charge in [0.25, 0.3) is 5.91 Å². The molecule has 19 heavy (non-hydrogen) atoms. The van der Waals surface area contributed by atoms with Gasteiger partial charge >= 0.3 is 0 Å². The van der Waals surface area contributed by atoms with Crippen LogP contribution in [-0.2, 0) is 0 Å². The molecule has 1 saturated heterocycles. The molecule has 0 saturated carbocycles. The van der Waals surface area contributed by atoms with Gasteiger partial charge in [-0.3, -0.25) is 9.69 Å². The molecular weight excluding hydrogens is 278 g/mol. The van der Waals surface area contributed by atoms with E-state index in [4.69, 9.17) is 0 Å². The summed E-state index contributed by atoms with van der Waals surface area (Å²) in [6, 6.07) is 4.06. The number of nitrogens with zero attached hydrogens (tertiary/aromatic N) is 1. The number of amides is 1. The van der Waals surface area contributed by atoms with E-state index < -0.39 is 0 Å². The normalized spacial score (nSPS) is 16.8. The lowest BCUT2D eigenvalue weighted by atomic mass is 10.3. The Kier molecular flexibility index (Phi) is 4.12. The average molecular weight is 295 g/mol. The predicted octanol–water partition coefficient (Wildman–Crippen LogP) is 1.60. The van der Waals surface area contributed by atoms with E-state index in [1.54, 1.807) is 22.7 Å². The number of fused-ring (bicyclic) bond motifs is 1. The average Bonchev–Trinajstić information content (AvgIpc) is 3.00. The molecule has 0 aliphatic carbocycles. The second-order valence-electron chi connectivity index (χ2n) is 4.61. The van der Waals surface area contributed by atoms with Crippen LogP contribution in [0.3, 0.4) is 0 Å². The number of hydrogen-bond acceptors (Lipinski definition) is 5. The van der Waals surface area contributed by atoms with Crippen molar-refractivity contribution in [1.29, 1.82) is 0 Å². The first-order valence-corrected chi connectivity index (χ1v) is 8.21. The summed E-state index contributed by atoms with van der Waals surface area (Å²) in [5.41, 5.74) is 0. The number of nitrogens with one attached hydrogen (secondary N) is 2. The van der Waals surface area contributed by atoms with Gasteiger partial charge in [-0.25, -0.2) is 0 Å². The van der Waals surface area contributed by atoms with Crippen LogP contribution < -0.4 is 10.6 Å². The minimum atomic E-state index is 0.0588. The third-order valence-electron chi connectivity index (χ3n) is 3.29. The van der Waals surface area contributed by atoms with E-state index in [9.17, 15) is 4.79 Å². The van der Waals surface area contributed by atoms with Crippen molar-refractivity contribution < 1.29 is 4.79 Å².